The van der Waals surface area contributed by atoms with Crippen molar-refractivity contribution in [2.24, 2.45) is 5.92 Å². The highest BCUT2D eigenvalue weighted by Gasteiger charge is 2.28. The van der Waals surface area contributed by atoms with Crippen LogP contribution in [0.2, 0.25) is 0 Å². The number of hydrogen-bond acceptors (Lipinski definition) is 2. The summed E-state index contributed by atoms with van der Waals surface area (Å²) >= 11 is 0. The molecule has 1 aliphatic rings. The van der Waals surface area contributed by atoms with E-state index in [9.17, 15) is 13.2 Å². The molecule has 0 saturated heterocycles. The Morgan fingerprint density at radius 2 is 2.16 bits per heavy atom. The zero-order valence-electron chi connectivity index (χ0n) is 10.9. The van der Waals surface area contributed by atoms with E-state index in [1.54, 1.807) is 18.2 Å². The molecule has 2 rings (SSSR count). The molecule has 0 fully saturated rings. The van der Waals surface area contributed by atoms with Crippen LogP contribution < -0.4 is 10.1 Å². The zero-order valence-corrected chi connectivity index (χ0v) is 10.9. The topological polar surface area (TPSA) is 21.3 Å². The molecular weight excluding hydrogens is 255 g/mol. The molecule has 106 valence electrons. The third-order valence-corrected chi connectivity index (χ3v) is 3.27. The van der Waals surface area contributed by atoms with Gasteiger partial charge in [-0.05, 0) is 42.5 Å². The van der Waals surface area contributed by atoms with Crippen molar-refractivity contribution in [2.45, 2.75) is 32.4 Å². The lowest BCUT2D eigenvalue weighted by Gasteiger charge is -2.26. The fourth-order valence-corrected chi connectivity index (χ4v) is 2.42. The summed E-state index contributed by atoms with van der Waals surface area (Å²) in [4.78, 5) is 0. The molecule has 1 heterocycles. The Labute approximate surface area is 111 Å². The summed E-state index contributed by atoms with van der Waals surface area (Å²) in [6, 6.07) is 5.09. The van der Waals surface area contributed by atoms with Crippen LogP contribution in [-0.2, 0) is 6.42 Å². The van der Waals surface area contributed by atoms with Gasteiger partial charge in [-0.25, -0.2) is 0 Å². The van der Waals surface area contributed by atoms with Crippen LogP contribution in [0.15, 0.2) is 18.2 Å². The van der Waals surface area contributed by atoms with Crippen LogP contribution in [0, 0.1) is 5.92 Å². The van der Waals surface area contributed by atoms with Crippen molar-refractivity contribution in [1.29, 1.82) is 0 Å². The lowest BCUT2D eigenvalue weighted by atomic mass is 9.90. The van der Waals surface area contributed by atoms with E-state index in [1.807, 2.05) is 0 Å². The highest BCUT2D eigenvalue weighted by molar-refractivity contribution is 5.56. The van der Waals surface area contributed by atoms with Crippen LogP contribution in [0.4, 0.5) is 18.9 Å². The smallest absolute Gasteiger partial charge is 0.422 e. The van der Waals surface area contributed by atoms with Crippen LogP contribution in [0.1, 0.15) is 25.3 Å². The van der Waals surface area contributed by atoms with Crippen molar-refractivity contribution >= 4 is 5.69 Å². The molecule has 0 aromatic heterocycles. The monoisotopic (exact) mass is 273 g/mol. The van der Waals surface area contributed by atoms with Crippen molar-refractivity contribution in [2.75, 3.05) is 18.5 Å². The summed E-state index contributed by atoms with van der Waals surface area (Å²) < 4.78 is 41.1. The standard InChI is InChI=1S/C14H18F3NO/c1-2-3-10-6-11-7-12(19-9-14(15,16)17)4-5-13(11)18-8-10/h4-5,7,10,18H,2-3,6,8-9H2,1H3. The summed E-state index contributed by atoms with van der Waals surface area (Å²) in [6.07, 6.45) is -1.15. The Balaban J connectivity index is 2.03. The molecule has 5 heteroatoms. The quantitative estimate of drug-likeness (QED) is 0.895. The van der Waals surface area contributed by atoms with E-state index >= 15 is 0 Å². The minimum Gasteiger partial charge on any atom is -0.484 e. The van der Waals surface area contributed by atoms with Crippen LogP contribution in [0.3, 0.4) is 0 Å². The van der Waals surface area contributed by atoms with Crippen molar-refractivity contribution in [3.05, 3.63) is 23.8 Å². The van der Waals surface area contributed by atoms with Gasteiger partial charge >= 0.3 is 6.18 Å². The number of nitrogens with one attached hydrogen (secondary N) is 1. The third kappa shape index (κ3) is 4.04. The molecule has 0 spiro atoms. The van der Waals surface area contributed by atoms with Gasteiger partial charge in [0.1, 0.15) is 5.75 Å². The zero-order chi connectivity index (χ0) is 13.9. The van der Waals surface area contributed by atoms with Gasteiger partial charge in [0.15, 0.2) is 6.61 Å². The average molecular weight is 273 g/mol. The van der Waals surface area contributed by atoms with Gasteiger partial charge in [0.25, 0.3) is 0 Å². The Bertz CT molecular complexity index is 431. The number of hydrogen-bond donors (Lipinski definition) is 1. The van der Waals surface area contributed by atoms with E-state index in [0.717, 1.165) is 37.1 Å². The molecule has 0 amide bonds. The normalized spacial score (nSPS) is 18.6. The number of ether oxygens (including phenoxy) is 1. The summed E-state index contributed by atoms with van der Waals surface area (Å²) in [6.45, 7) is 1.83. The maximum absolute atomic E-state index is 12.1. The maximum atomic E-state index is 12.1. The first-order chi connectivity index (χ1) is 8.98. The van der Waals surface area contributed by atoms with Crippen molar-refractivity contribution in [3.63, 3.8) is 0 Å². The second-order valence-corrected chi connectivity index (χ2v) is 4.96. The molecule has 1 aromatic rings. The lowest BCUT2D eigenvalue weighted by Crippen LogP contribution is -2.23. The minimum absolute atomic E-state index is 0.287. The van der Waals surface area contributed by atoms with E-state index in [1.165, 1.54) is 0 Å². The van der Waals surface area contributed by atoms with Crippen LogP contribution in [0.5, 0.6) is 5.75 Å². The molecule has 0 radical (unpaired) electrons. The van der Waals surface area contributed by atoms with Crippen LogP contribution >= 0.6 is 0 Å². The maximum Gasteiger partial charge on any atom is 0.422 e. The molecule has 1 unspecified atom stereocenters. The van der Waals surface area contributed by atoms with Crippen LogP contribution in [-0.4, -0.2) is 19.3 Å². The Kier molecular flexibility index (Phi) is 4.22. The number of halogens is 3. The minimum atomic E-state index is -4.29. The molecule has 2 nitrogen and oxygen atoms in total. The van der Waals surface area contributed by atoms with Gasteiger partial charge < -0.3 is 10.1 Å². The molecule has 1 aliphatic heterocycles. The fraction of sp³-hybridized carbons (Fsp3) is 0.571. The number of alkyl halides is 3. The molecule has 0 aliphatic carbocycles. The molecule has 0 bridgehead atoms. The first-order valence-corrected chi connectivity index (χ1v) is 6.54. The van der Waals surface area contributed by atoms with E-state index < -0.39 is 12.8 Å². The molecule has 19 heavy (non-hydrogen) atoms. The van der Waals surface area contributed by atoms with Gasteiger partial charge in [-0.15, -0.1) is 0 Å². The molecule has 1 atom stereocenters. The highest BCUT2D eigenvalue weighted by atomic mass is 19.4. The summed E-state index contributed by atoms with van der Waals surface area (Å²) in [7, 11) is 0. The van der Waals surface area contributed by atoms with E-state index in [0.29, 0.717) is 5.92 Å². The molecular formula is C14H18F3NO. The largest absolute Gasteiger partial charge is 0.484 e. The Morgan fingerprint density at radius 3 is 2.84 bits per heavy atom. The predicted octanol–water partition coefficient (Wildman–Crippen LogP) is 4.01. The van der Waals surface area contributed by atoms with Crippen molar-refractivity contribution in [1.82, 2.24) is 0 Å². The predicted molar refractivity (Wildman–Crippen MR) is 68.6 cm³/mol. The van der Waals surface area contributed by atoms with Gasteiger partial charge in [0.05, 0.1) is 0 Å². The molecule has 1 N–H and O–H groups in total. The SMILES string of the molecule is CCCC1CNc2ccc(OCC(F)(F)F)cc2C1. The number of rotatable bonds is 4. The van der Waals surface area contributed by atoms with Gasteiger partial charge in [-0.1, -0.05) is 13.3 Å². The Morgan fingerprint density at radius 1 is 1.37 bits per heavy atom. The van der Waals surface area contributed by atoms with E-state index in [2.05, 4.69) is 12.2 Å². The first kappa shape index (κ1) is 14.0. The van der Waals surface area contributed by atoms with Gasteiger partial charge in [0, 0.05) is 12.2 Å². The van der Waals surface area contributed by atoms with Gasteiger partial charge in [-0.2, -0.15) is 13.2 Å². The van der Waals surface area contributed by atoms with Gasteiger partial charge in [0.2, 0.25) is 0 Å². The number of fused-ring (bicyclic) bond motifs is 1. The highest BCUT2D eigenvalue weighted by Crippen LogP contribution is 2.30. The lowest BCUT2D eigenvalue weighted by molar-refractivity contribution is -0.153. The number of benzene rings is 1. The fourth-order valence-electron chi connectivity index (χ4n) is 2.42. The number of anilines is 1. The summed E-state index contributed by atoms with van der Waals surface area (Å²) in [5.74, 6) is 0.838. The third-order valence-electron chi connectivity index (χ3n) is 3.27. The van der Waals surface area contributed by atoms with Crippen molar-refractivity contribution in [3.8, 4) is 5.75 Å². The van der Waals surface area contributed by atoms with Crippen molar-refractivity contribution < 1.29 is 17.9 Å². The second-order valence-electron chi connectivity index (χ2n) is 4.96. The average Bonchev–Trinajstić information content (AvgIpc) is 2.35. The Hall–Kier alpha value is -1.39. The molecule has 0 saturated carbocycles. The summed E-state index contributed by atoms with van der Waals surface area (Å²) in [5.41, 5.74) is 2.05. The molecule has 1 aromatic carbocycles. The summed E-state index contributed by atoms with van der Waals surface area (Å²) in [5, 5.41) is 3.32. The van der Waals surface area contributed by atoms with Crippen LogP contribution in [0.25, 0.3) is 0 Å². The first-order valence-electron chi connectivity index (χ1n) is 6.54. The van der Waals surface area contributed by atoms with E-state index in [-0.39, 0.29) is 5.75 Å². The van der Waals surface area contributed by atoms with E-state index in [4.69, 9.17) is 4.74 Å². The second kappa shape index (κ2) is 5.72. The van der Waals surface area contributed by atoms with Gasteiger partial charge in [-0.3, -0.25) is 0 Å².